The fourth-order valence-corrected chi connectivity index (χ4v) is 3.87. The van der Waals surface area contributed by atoms with Gasteiger partial charge in [-0.15, -0.1) is 6.58 Å². The molecule has 2 aromatic carbocycles. The number of amidine groups is 1. The number of rotatable bonds is 6. The van der Waals surface area contributed by atoms with Crippen LogP contribution in [0.4, 0.5) is 10.1 Å². The number of ether oxygens (including phenoxy) is 2. The van der Waals surface area contributed by atoms with Crippen LogP contribution in [0.25, 0.3) is 6.08 Å². The van der Waals surface area contributed by atoms with E-state index in [9.17, 15) is 9.18 Å². The second-order valence-corrected chi connectivity index (χ2v) is 7.26. The Balaban J connectivity index is 1.96. The molecule has 0 aromatic heterocycles. The largest absolute Gasteiger partial charge is 0.493 e. The van der Waals surface area contributed by atoms with Gasteiger partial charge in [-0.05, 0) is 66.2 Å². The van der Waals surface area contributed by atoms with Crippen molar-refractivity contribution in [2.45, 2.75) is 6.42 Å². The zero-order valence-corrected chi connectivity index (χ0v) is 17.3. The van der Waals surface area contributed by atoms with Crippen molar-refractivity contribution < 1.29 is 18.7 Å². The summed E-state index contributed by atoms with van der Waals surface area (Å²) in [7, 11) is 4.82. The van der Waals surface area contributed by atoms with Crippen LogP contribution in [0.2, 0.25) is 0 Å². The van der Waals surface area contributed by atoms with Crippen molar-refractivity contribution in [1.29, 1.82) is 0 Å². The van der Waals surface area contributed by atoms with Gasteiger partial charge in [-0.1, -0.05) is 6.08 Å². The number of methoxy groups -OCH3 is 2. The quantitative estimate of drug-likeness (QED) is 0.505. The van der Waals surface area contributed by atoms with Crippen LogP contribution >= 0.6 is 11.8 Å². The predicted octanol–water partition coefficient (Wildman–Crippen LogP) is 4.81. The molecule has 150 valence electrons. The van der Waals surface area contributed by atoms with Crippen LogP contribution in [-0.4, -0.2) is 37.2 Å². The van der Waals surface area contributed by atoms with Crippen molar-refractivity contribution >= 4 is 34.6 Å². The van der Waals surface area contributed by atoms with E-state index in [-0.39, 0.29) is 11.7 Å². The Kier molecular flexibility index (Phi) is 6.39. The van der Waals surface area contributed by atoms with Gasteiger partial charge in [-0.2, -0.15) is 0 Å². The average molecular weight is 412 g/mol. The third kappa shape index (κ3) is 4.51. The van der Waals surface area contributed by atoms with E-state index in [4.69, 9.17) is 9.47 Å². The first-order valence-electron chi connectivity index (χ1n) is 8.84. The van der Waals surface area contributed by atoms with Crippen molar-refractivity contribution in [2.75, 3.05) is 21.3 Å². The van der Waals surface area contributed by atoms with E-state index in [1.807, 2.05) is 12.1 Å². The normalized spacial score (nSPS) is 16.6. The Morgan fingerprint density at radius 1 is 1.21 bits per heavy atom. The number of allylic oxidation sites excluding steroid dienone is 1. The monoisotopic (exact) mass is 412 g/mol. The molecule has 0 N–H and O–H groups in total. The fourth-order valence-electron chi connectivity index (χ4n) is 2.89. The van der Waals surface area contributed by atoms with Crippen LogP contribution in [0.5, 0.6) is 11.5 Å². The van der Waals surface area contributed by atoms with Gasteiger partial charge in [0.15, 0.2) is 16.7 Å². The number of amides is 1. The van der Waals surface area contributed by atoms with Gasteiger partial charge in [0, 0.05) is 12.6 Å². The number of benzene rings is 2. The molecule has 1 amide bonds. The molecule has 3 rings (SSSR count). The molecular formula is C22H21FN2O3S. The van der Waals surface area contributed by atoms with Crippen LogP contribution in [-0.2, 0) is 11.2 Å². The number of halogens is 1. The van der Waals surface area contributed by atoms with Crippen LogP contribution in [0.15, 0.2) is 59.0 Å². The summed E-state index contributed by atoms with van der Waals surface area (Å²) in [6.07, 6.45) is 4.19. The first kappa shape index (κ1) is 20.7. The SMILES string of the molecule is C=CCc1cc(/C=C2/SC(=Nc3ccc(F)cc3)N(C)C2=O)cc(OC)c1OC. The maximum absolute atomic E-state index is 13.1. The van der Waals surface area contributed by atoms with Crippen molar-refractivity contribution in [3.63, 3.8) is 0 Å². The predicted molar refractivity (Wildman–Crippen MR) is 115 cm³/mol. The van der Waals surface area contributed by atoms with Crippen LogP contribution < -0.4 is 9.47 Å². The molecule has 0 atom stereocenters. The van der Waals surface area contributed by atoms with Crippen LogP contribution in [0, 0.1) is 5.82 Å². The molecule has 1 aliphatic rings. The number of hydrogen-bond donors (Lipinski definition) is 0. The Bertz CT molecular complexity index is 1000. The third-order valence-electron chi connectivity index (χ3n) is 4.30. The fraction of sp³-hybridized carbons (Fsp3) is 0.182. The number of nitrogens with zero attached hydrogens (tertiary/aromatic N) is 2. The second kappa shape index (κ2) is 8.96. The highest BCUT2D eigenvalue weighted by Gasteiger charge is 2.30. The Labute approximate surface area is 173 Å². The molecule has 7 heteroatoms. The molecular weight excluding hydrogens is 391 g/mol. The Morgan fingerprint density at radius 3 is 2.55 bits per heavy atom. The molecule has 0 unspecified atom stereocenters. The van der Waals surface area contributed by atoms with Gasteiger partial charge in [0.05, 0.1) is 24.8 Å². The Morgan fingerprint density at radius 2 is 1.93 bits per heavy atom. The van der Waals surface area contributed by atoms with Crippen LogP contribution in [0.1, 0.15) is 11.1 Å². The summed E-state index contributed by atoms with van der Waals surface area (Å²) in [4.78, 5) is 19.1. The summed E-state index contributed by atoms with van der Waals surface area (Å²) in [5, 5.41) is 0.527. The molecule has 29 heavy (non-hydrogen) atoms. The van der Waals surface area contributed by atoms with Gasteiger partial charge < -0.3 is 9.47 Å². The third-order valence-corrected chi connectivity index (χ3v) is 5.36. The molecule has 1 saturated heterocycles. The summed E-state index contributed by atoms with van der Waals surface area (Å²) in [5.74, 6) is 0.746. The van der Waals surface area contributed by atoms with E-state index in [0.717, 1.165) is 11.1 Å². The first-order valence-corrected chi connectivity index (χ1v) is 9.66. The van der Waals surface area contributed by atoms with Crippen molar-refractivity contribution in [2.24, 2.45) is 4.99 Å². The van der Waals surface area contributed by atoms with E-state index in [0.29, 0.717) is 33.7 Å². The standard InChI is InChI=1S/C22H21FN2O3S/c1-5-6-15-11-14(12-18(27-3)20(15)28-4)13-19-21(26)25(2)22(29-19)24-17-9-7-16(23)8-10-17/h5,7-13H,1,6H2,2-4H3/b19-13+,24-22?. The molecule has 0 saturated carbocycles. The van der Waals surface area contributed by atoms with E-state index in [1.165, 1.54) is 28.8 Å². The first-order chi connectivity index (χ1) is 14.0. The molecule has 0 bridgehead atoms. The summed E-state index contributed by atoms with van der Waals surface area (Å²) < 4.78 is 24.0. The lowest BCUT2D eigenvalue weighted by Crippen LogP contribution is -2.23. The summed E-state index contributed by atoms with van der Waals surface area (Å²) >= 11 is 1.26. The maximum atomic E-state index is 13.1. The van der Waals surface area contributed by atoms with Gasteiger partial charge in [0.1, 0.15) is 5.82 Å². The molecule has 0 spiro atoms. The van der Waals surface area contributed by atoms with E-state index < -0.39 is 0 Å². The number of carbonyl (C=O) groups excluding carboxylic acids is 1. The molecule has 0 radical (unpaired) electrons. The molecule has 2 aromatic rings. The topological polar surface area (TPSA) is 51.1 Å². The zero-order valence-electron chi connectivity index (χ0n) is 16.4. The number of hydrogen-bond acceptors (Lipinski definition) is 5. The number of likely N-dealkylation sites (N-methyl/N-ethyl adjacent to an activating group) is 1. The van der Waals surface area contributed by atoms with Crippen LogP contribution in [0.3, 0.4) is 0 Å². The van der Waals surface area contributed by atoms with Crippen molar-refractivity contribution in [3.05, 3.63) is 70.9 Å². The van der Waals surface area contributed by atoms with Crippen molar-refractivity contribution in [1.82, 2.24) is 4.90 Å². The molecule has 0 aliphatic carbocycles. The minimum atomic E-state index is -0.332. The highest BCUT2D eigenvalue weighted by molar-refractivity contribution is 8.18. The minimum Gasteiger partial charge on any atom is -0.493 e. The molecule has 1 aliphatic heterocycles. The number of thioether (sulfide) groups is 1. The summed E-state index contributed by atoms with van der Waals surface area (Å²) in [5.41, 5.74) is 2.30. The zero-order chi connectivity index (χ0) is 21.0. The average Bonchev–Trinajstić information content (AvgIpc) is 2.97. The number of aliphatic imine (C=N–C) groups is 1. The summed E-state index contributed by atoms with van der Waals surface area (Å²) in [6.45, 7) is 3.78. The highest BCUT2D eigenvalue weighted by atomic mass is 32.2. The molecule has 1 fully saturated rings. The second-order valence-electron chi connectivity index (χ2n) is 6.25. The summed E-state index contributed by atoms with van der Waals surface area (Å²) in [6, 6.07) is 9.57. The van der Waals surface area contributed by atoms with Gasteiger partial charge >= 0.3 is 0 Å². The lowest BCUT2D eigenvalue weighted by Gasteiger charge is -2.13. The minimum absolute atomic E-state index is 0.157. The van der Waals surface area contributed by atoms with Gasteiger partial charge in [0.2, 0.25) is 0 Å². The molecule has 5 nitrogen and oxygen atoms in total. The Hall–Kier alpha value is -3.06. The van der Waals surface area contributed by atoms with E-state index in [2.05, 4.69) is 11.6 Å². The molecule has 1 heterocycles. The number of carbonyl (C=O) groups is 1. The maximum Gasteiger partial charge on any atom is 0.266 e. The van der Waals surface area contributed by atoms with Gasteiger partial charge in [0.25, 0.3) is 5.91 Å². The highest BCUT2D eigenvalue weighted by Crippen LogP contribution is 2.37. The lowest BCUT2D eigenvalue weighted by molar-refractivity contribution is -0.121. The van der Waals surface area contributed by atoms with Gasteiger partial charge in [-0.3, -0.25) is 9.69 Å². The smallest absolute Gasteiger partial charge is 0.266 e. The lowest BCUT2D eigenvalue weighted by atomic mass is 10.0. The van der Waals surface area contributed by atoms with Gasteiger partial charge in [-0.25, -0.2) is 9.38 Å². The van der Waals surface area contributed by atoms with E-state index >= 15 is 0 Å². The van der Waals surface area contributed by atoms with E-state index in [1.54, 1.807) is 45.6 Å². The van der Waals surface area contributed by atoms with Crippen molar-refractivity contribution in [3.8, 4) is 11.5 Å².